The van der Waals surface area contributed by atoms with E-state index < -0.39 is 0 Å². The maximum Gasteiger partial charge on any atom is 0.119 e. The molecule has 0 bridgehead atoms. The van der Waals surface area contributed by atoms with Crippen LogP contribution in [0.2, 0.25) is 0 Å². The maximum atomic E-state index is 5.86. The summed E-state index contributed by atoms with van der Waals surface area (Å²) in [5.74, 6) is 6.77. The molecule has 1 aromatic rings. The summed E-state index contributed by atoms with van der Waals surface area (Å²) in [7, 11) is 4.36. The van der Waals surface area contributed by atoms with Crippen molar-refractivity contribution >= 4 is 0 Å². The minimum Gasteiger partial charge on any atom is -0.494 e. The Balaban J connectivity index is 2.16. The first kappa shape index (κ1) is 16.2. The molecular weight excluding hydrogens is 264 g/mol. The first-order valence-corrected chi connectivity index (χ1v) is 7.73. The predicted molar refractivity (Wildman–Crippen MR) is 86.2 cm³/mol. The van der Waals surface area contributed by atoms with Gasteiger partial charge in [0, 0.05) is 12.6 Å². The molecule has 2 rings (SSSR count). The van der Waals surface area contributed by atoms with Gasteiger partial charge >= 0.3 is 0 Å². The predicted octanol–water partition coefficient (Wildman–Crippen LogP) is 1.23. The summed E-state index contributed by atoms with van der Waals surface area (Å²) in [5, 5.41) is 0. The summed E-state index contributed by atoms with van der Waals surface area (Å²) < 4.78 is 5.51. The van der Waals surface area contributed by atoms with E-state index in [1.54, 1.807) is 0 Å². The van der Waals surface area contributed by atoms with Gasteiger partial charge < -0.3 is 14.5 Å². The lowest BCUT2D eigenvalue weighted by Gasteiger charge is -2.34. The molecule has 1 heterocycles. The summed E-state index contributed by atoms with van der Waals surface area (Å²) in [6.07, 6.45) is 1.20. The first-order chi connectivity index (χ1) is 10.2. The van der Waals surface area contributed by atoms with Gasteiger partial charge in [0.25, 0.3) is 0 Å². The zero-order chi connectivity index (χ0) is 15.2. The third kappa shape index (κ3) is 4.17. The van der Waals surface area contributed by atoms with Crippen molar-refractivity contribution in [3.63, 3.8) is 0 Å². The molecule has 2 unspecified atom stereocenters. The van der Waals surface area contributed by atoms with E-state index in [1.807, 2.05) is 19.1 Å². The molecule has 0 spiro atoms. The third-order valence-corrected chi connectivity index (χ3v) is 4.23. The molecule has 1 fully saturated rings. The van der Waals surface area contributed by atoms with E-state index in [-0.39, 0.29) is 6.04 Å². The molecule has 1 aliphatic rings. The third-order valence-electron chi connectivity index (χ3n) is 4.23. The maximum absolute atomic E-state index is 5.86. The van der Waals surface area contributed by atoms with Gasteiger partial charge in [-0.25, -0.2) is 0 Å². The van der Waals surface area contributed by atoms with Gasteiger partial charge in [0.2, 0.25) is 0 Å². The summed E-state index contributed by atoms with van der Waals surface area (Å²) in [4.78, 5) is 4.79. The molecular formula is C16H28N4O. The van der Waals surface area contributed by atoms with Crippen LogP contribution in [0.4, 0.5) is 0 Å². The Morgan fingerprint density at radius 2 is 2.00 bits per heavy atom. The van der Waals surface area contributed by atoms with Gasteiger partial charge in [-0.15, -0.1) is 0 Å². The lowest BCUT2D eigenvalue weighted by atomic mass is 9.98. The van der Waals surface area contributed by atoms with Crippen LogP contribution in [0.1, 0.15) is 24.9 Å². The van der Waals surface area contributed by atoms with Crippen LogP contribution in [0.3, 0.4) is 0 Å². The van der Waals surface area contributed by atoms with E-state index in [9.17, 15) is 0 Å². The molecule has 0 aromatic heterocycles. The van der Waals surface area contributed by atoms with E-state index in [0.717, 1.165) is 25.4 Å². The zero-order valence-corrected chi connectivity index (χ0v) is 13.4. The van der Waals surface area contributed by atoms with Gasteiger partial charge in [-0.05, 0) is 58.2 Å². The van der Waals surface area contributed by atoms with Crippen molar-refractivity contribution in [3.8, 4) is 5.75 Å². The van der Waals surface area contributed by atoms with Crippen molar-refractivity contribution in [2.45, 2.75) is 25.4 Å². The van der Waals surface area contributed by atoms with E-state index >= 15 is 0 Å². The van der Waals surface area contributed by atoms with Gasteiger partial charge in [-0.2, -0.15) is 0 Å². The monoisotopic (exact) mass is 292 g/mol. The van der Waals surface area contributed by atoms with Crippen LogP contribution < -0.4 is 16.0 Å². The molecule has 3 N–H and O–H groups in total. The molecule has 0 aliphatic carbocycles. The van der Waals surface area contributed by atoms with E-state index in [1.165, 1.54) is 12.0 Å². The second kappa shape index (κ2) is 7.75. The fourth-order valence-corrected chi connectivity index (χ4v) is 3.03. The van der Waals surface area contributed by atoms with Crippen LogP contribution in [0, 0.1) is 0 Å². The van der Waals surface area contributed by atoms with Crippen LogP contribution >= 0.6 is 0 Å². The minimum absolute atomic E-state index is 0.117. The molecule has 118 valence electrons. The number of nitrogens with zero attached hydrogens (tertiary/aromatic N) is 2. The average molecular weight is 292 g/mol. The van der Waals surface area contributed by atoms with Crippen molar-refractivity contribution in [1.82, 2.24) is 15.2 Å². The Labute approximate surface area is 128 Å². The molecule has 21 heavy (non-hydrogen) atoms. The first-order valence-electron chi connectivity index (χ1n) is 7.73. The quantitative estimate of drug-likeness (QED) is 0.631. The number of hydrogen-bond acceptors (Lipinski definition) is 5. The lowest BCUT2D eigenvalue weighted by molar-refractivity contribution is 0.178. The topological polar surface area (TPSA) is 53.8 Å². The van der Waals surface area contributed by atoms with E-state index in [4.69, 9.17) is 10.6 Å². The number of nitrogens with one attached hydrogen (secondary N) is 1. The standard InChI is InChI=1S/C16H28N4O/c1-4-21-14-8-6-13(7-9-14)16(18-17)15-12-19(2)10-5-11-20(15)3/h6-9,15-16,18H,4-5,10-12,17H2,1-3H3. The Bertz CT molecular complexity index is 423. The van der Waals surface area contributed by atoms with Crippen molar-refractivity contribution in [2.75, 3.05) is 40.3 Å². The van der Waals surface area contributed by atoms with Crippen LogP contribution in [0.5, 0.6) is 5.75 Å². The van der Waals surface area contributed by atoms with Crippen LogP contribution in [-0.4, -0.2) is 56.2 Å². The van der Waals surface area contributed by atoms with Gasteiger partial charge in [0.1, 0.15) is 5.75 Å². The summed E-state index contributed by atoms with van der Waals surface area (Å²) >= 11 is 0. The van der Waals surface area contributed by atoms with Crippen LogP contribution in [0.25, 0.3) is 0 Å². The van der Waals surface area contributed by atoms with Crippen LogP contribution in [0.15, 0.2) is 24.3 Å². The molecule has 1 aliphatic heterocycles. The summed E-state index contributed by atoms with van der Waals surface area (Å²) in [6.45, 7) is 5.94. The normalized spacial score (nSPS) is 22.8. The highest BCUT2D eigenvalue weighted by molar-refractivity contribution is 5.30. The summed E-state index contributed by atoms with van der Waals surface area (Å²) in [5.41, 5.74) is 4.21. The van der Waals surface area contributed by atoms with Gasteiger partial charge in [-0.3, -0.25) is 11.3 Å². The molecule has 2 atom stereocenters. The van der Waals surface area contributed by atoms with Crippen molar-refractivity contribution < 1.29 is 4.74 Å². The SMILES string of the molecule is CCOc1ccc(C(NN)C2CN(C)CCCN2C)cc1. The Morgan fingerprint density at radius 3 is 2.62 bits per heavy atom. The number of likely N-dealkylation sites (N-methyl/N-ethyl adjacent to an activating group) is 2. The molecule has 0 radical (unpaired) electrons. The second-order valence-electron chi connectivity index (χ2n) is 5.81. The van der Waals surface area contributed by atoms with E-state index in [2.05, 4.69) is 41.5 Å². The highest BCUT2D eigenvalue weighted by Crippen LogP contribution is 2.24. The Morgan fingerprint density at radius 1 is 1.29 bits per heavy atom. The molecule has 5 heteroatoms. The summed E-state index contributed by atoms with van der Waals surface area (Å²) in [6, 6.07) is 8.72. The van der Waals surface area contributed by atoms with Gasteiger partial charge in [-0.1, -0.05) is 12.1 Å². The number of rotatable bonds is 5. The number of nitrogens with two attached hydrogens (primary N) is 1. The van der Waals surface area contributed by atoms with Gasteiger partial charge in [0.05, 0.1) is 12.6 Å². The Hall–Kier alpha value is -1.14. The minimum atomic E-state index is 0.117. The van der Waals surface area contributed by atoms with Crippen molar-refractivity contribution in [3.05, 3.63) is 29.8 Å². The largest absolute Gasteiger partial charge is 0.494 e. The fourth-order valence-electron chi connectivity index (χ4n) is 3.03. The van der Waals surface area contributed by atoms with Gasteiger partial charge in [0.15, 0.2) is 0 Å². The molecule has 1 saturated heterocycles. The molecule has 0 saturated carbocycles. The molecule has 0 amide bonds. The molecule has 1 aromatic carbocycles. The number of benzene rings is 1. The smallest absolute Gasteiger partial charge is 0.119 e. The Kier molecular flexibility index (Phi) is 5.99. The second-order valence-corrected chi connectivity index (χ2v) is 5.81. The van der Waals surface area contributed by atoms with E-state index in [0.29, 0.717) is 12.6 Å². The van der Waals surface area contributed by atoms with Crippen LogP contribution in [-0.2, 0) is 0 Å². The highest BCUT2D eigenvalue weighted by Gasteiger charge is 2.28. The number of hydrogen-bond donors (Lipinski definition) is 2. The van der Waals surface area contributed by atoms with Crippen molar-refractivity contribution in [2.24, 2.45) is 5.84 Å². The lowest BCUT2D eigenvalue weighted by Crippen LogP contribution is -2.48. The molecule has 5 nitrogen and oxygen atoms in total. The highest BCUT2D eigenvalue weighted by atomic mass is 16.5. The number of ether oxygens (including phenoxy) is 1. The fraction of sp³-hybridized carbons (Fsp3) is 0.625. The van der Waals surface area contributed by atoms with Crippen molar-refractivity contribution in [1.29, 1.82) is 0 Å². The average Bonchev–Trinajstić information content (AvgIpc) is 2.64. The zero-order valence-electron chi connectivity index (χ0n) is 13.4. The number of hydrazine groups is 1.